The van der Waals surface area contributed by atoms with Crippen LogP contribution in [0.25, 0.3) is 0 Å². The second kappa shape index (κ2) is 6.83. The molecule has 112 valence electrons. The molecule has 0 saturated carbocycles. The van der Waals surface area contributed by atoms with Crippen LogP contribution in [0.4, 0.5) is 10.1 Å². The molecule has 21 heavy (non-hydrogen) atoms. The average Bonchev–Trinajstić information content (AvgIpc) is 2.50. The Morgan fingerprint density at radius 2 is 2.05 bits per heavy atom. The summed E-state index contributed by atoms with van der Waals surface area (Å²) >= 11 is 0. The lowest BCUT2D eigenvalue weighted by Crippen LogP contribution is -2.03. The minimum atomic E-state index is -0.378. The third-order valence-electron chi connectivity index (χ3n) is 3.03. The Morgan fingerprint density at radius 1 is 1.24 bits per heavy atom. The van der Waals surface area contributed by atoms with Gasteiger partial charge in [-0.05, 0) is 25.1 Å². The molecule has 2 aromatic rings. The third-order valence-corrected chi connectivity index (χ3v) is 3.03. The highest BCUT2D eigenvalue weighted by Crippen LogP contribution is 2.30. The molecule has 2 aromatic carbocycles. The normalized spacial score (nSPS) is 10.2. The minimum absolute atomic E-state index is 0.0650. The van der Waals surface area contributed by atoms with Gasteiger partial charge in [0.25, 0.3) is 0 Å². The number of benzene rings is 2. The van der Waals surface area contributed by atoms with Crippen LogP contribution in [-0.2, 0) is 6.54 Å². The first kappa shape index (κ1) is 15.0. The Labute approximate surface area is 123 Å². The summed E-state index contributed by atoms with van der Waals surface area (Å²) in [7, 11) is 1.52. The van der Waals surface area contributed by atoms with Gasteiger partial charge in [-0.2, -0.15) is 0 Å². The van der Waals surface area contributed by atoms with Gasteiger partial charge in [0.05, 0.1) is 19.4 Å². The molecule has 0 aliphatic carbocycles. The van der Waals surface area contributed by atoms with E-state index in [9.17, 15) is 9.50 Å². The van der Waals surface area contributed by atoms with Crippen molar-refractivity contribution in [2.24, 2.45) is 0 Å². The van der Waals surface area contributed by atoms with Crippen LogP contribution >= 0.6 is 0 Å². The number of halogens is 1. The van der Waals surface area contributed by atoms with E-state index in [0.29, 0.717) is 29.4 Å². The molecule has 0 aliphatic heterocycles. The molecule has 0 saturated heterocycles. The first-order valence-corrected chi connectivity index (χ1v) is 6.66. The number of methoxy groups -OCH3 is 1. The Morgan fingerprint density at radius 3 is 2.76 bits per heavy atom. The van der Waals surface area contributed by atoms with Crippen molar-refractivity contribution in [2.75, 3.05) is 19.0 Å². The van der Waals surface area contributed by atoms with Gasteiger partial charge in [0.15, 0.2) is 11.5 Å². The first-order chi connectivity index (χ1) is 10.2. The average molecular weight is 291 g/mol. The number of phenols is 1. The van der Waals surface area contributed by atoms with E-state index in [0.717, 1.165) is 0 Å². The Hall–Kier alpha value is -2.43. The number of hydrogen-bond acceptors (Lipinski definition) is 4. The third kappa shape index (κ3) is 3.56. The van der Waals surface area contributed by atoms with Crippen molar-refractivity contribution in [2.45, 2.75) is 13.5 Å². The van der Waals surface area contributed by atoms with Crippen molar-refractivity contribution in [3.05, 3.63) is 47.8 Å². The van der Waals surface area contributed by atoms with E-state index in [1.807, 2.05) is 6.92 Å². The summed E-state index contributed by atoms with van der Waals surface area (Å²) in [5.74, 6) is 0.667. The summed E-state index contributed by atoms with van der Waals surface area (Å²) in [4.78, 5) is 0. The molecule has 0 amide bonds. The minimum Gasteiger partial charge on any atom is -0.504 e. The van der Waals surface area contributed by atoms with Gasteiger partial charge in [0.1, 0.15) is 11.6 Å². The number of aromatic hydroxyl groups is 1. The smallest absolute Gasteiger partial charge is 0.162 e. The first-order valence-electron chi connectivity index (χ1n) is 6.66. The van der Waals surface area contributed by atoms with Crippen molar-refractivity contribution in [1.82, 2.24) is 0 Å². The van der Waals surface area contributed by atoms with Crippen molar-refractivity contribution in [3.63, 3.8) is 0 Å². The molecule has 5 heteroatoms. The van der Waals surface area contributed by atoms with Gasteiger partial charge in [-0.25, -0.2) is 4.39 Å². The molecule has 4 nitrogen and oxygen atoms in total. The highest BCUT2D eigenvalue weighted by Gasteiger charge is 2.09. The summed E-state index contributed by atoms with van der Waals surface area (Å²) in [6.07, 6.45) is 0. The monoisotopic (exact) mass is 291 g/mol. The maximum Gasteiger partial charge on any atom is 0.162 e. The van der Waals surface area contributed by atoms with E-state index in [4.69, 9.17) is 9.47 Å². The van der Waals surface area contributed by atoms with Crippen LogP contribution < -0.4 is 14.8 Å². The van der Waals surface area contributed by atoms with Gasteiger partial charge in [-0.15, -0.1) is 0 Å². The van der Waals surface area contributed by atoms with Crippen LogP contribution in [-0.4, -0.2) is 18.8 Å². The molecule has 0 heterocycles. The predicted octanol–water partition coefficient (Wildman–Crippen LogP) is 3.55. The molecule has 0 atom stereocenters. The lowest BCUT2D eigenvalue weighted by atomic mass is 10.1. The summed E-state index contributed by atoms with van der Waals surface area (Å²) < 4.78 is 24.1. The van der Waals surface area contributed by atoms with E-state index < -0.39 is 0 Å². The van der Waals surface area contributed by atoms with Gasteiger partial charge in [-0.1, -0.05) is 12.1 Å². The summed E-state index contributed by atoms with van der Waals surface area (Å²) in [5, 5.41) is 13.0. The number of anilines is 1. The van der Waals surface area contributed by atoms with Gasteiger partial charge >= 0.3 is 0 Å². The Bertz CT molecular complexity index is 616. The van der Waals surface area contributed by atoms with Crippen molar-refractivity contribution in [3.8, 4) is 17.2 Å². The molecular formula is C16H18FNO3. The zero-order chi connectivity index (χ0) is 15.2. The van der Waals surface area contributed by atoms with Crippen LogP contribution in [0.3, 0.4) is 0 Å². The number of ether oxygens (including phenoxy) is 2. The van der Waals surface area contributed by atoms with Crippen molar-refractivity contribution >= 4 is 5.69 Å². The lowest BCUT2D eigenvalue weighted by Gasteiger charge is -2.12. The molecule has 0 aromatic heterocycles. The number of para-hydroxylation sites is 1. The standard InChI is InChI=1S/C16H18FNO3/c1-3-21-15-6-4-5-11(16(15)19)10-18-14-9-12(20-2)7-8-13(14)17/h4-9,18-19H,3,10H2,1-2H3. The molecule has 0 aliphatic rings. The van der Waals surface area contributed by atoms with E-state index in [-0.39, 0.29) is 18.1 Å². The van der Waals surface area contributed by atoms with Crippen molar-refractivity contribution < 1.29 is 19.0 Å². The van der Waals surface area contributed by atoms with Crippen LogP contribution in [0.2, 0.25) is 0 Å². The Kier molecular flexibility index (Phi) is 4.87. The zero-order valence-corrected chi connectivity index (χ0v) is 12.0. The Balaban J connectivity index is 2.15. The molecule has 0 spiro atoms. The number of nitrogens with one attached hydrogen (secondary N) is 1. The quantitative estimate of drug-likeness (QED) is 0.854. The molecular weight excluding hydrogens is 273 g/mol. The number of hydrogen-bond donors (Lipinski definition) is 2. The molecule has 0 unspecified atom stereocenters. The number of rotatable bonds is 6. The van der Waals surface area contributed by atoms with Crippen LogP contribution in [0, 0.1) is 5.82 Å². The van der Waals surface area contributed by atoms with Gasteiger partial charge in [-0.3, -0.25) is 0 Å². The lowest BCUT2D eigenvalue weighted by molar-refractivity contribution is 0.317. The molecule has 0 radical (unpaired) electrons. The zero-order valence-electron chi connectivity index (χ0n) is 12.0. The fourth-order valence-corrected chi connectivity index (χ4v) is 1.94. The highest BCUT2D eigenvalue weighted by molar-refractivity contribution is 5.52. The van der Waals surface area contributed by atoms with Crippen LogP contribution in [0.15, 0.2) is 36.4 Å². The van der Waals surface area contributed by atoms with E-state index in [1.54, 1.807) is 30.3 Å². The van der Waals surface area contributed by atoms with Gasteiger partial charge < -0.3 is 19.9 Å². The SMILES string of the molecule is CCOc1cccc(CNc2cc(OC)ccc2F)c1O. The summed E-state index contributed by atoms with van der Waals surface area (Å²) in [6, 6.07) is 9.67. The van der Waals surface area contributed by atoms with Crippen LogP contribution in [0.1, 0.15) is 12.5 Å². The van der Waals surface area contributed by atoms with Crippen LogP contribution in [0.5, 0.6) is 17.2 Å². The molecule has 2 rings (SSSR count). The fraction of sp³-hybridized carbons (Fsp3) is 0.250. The highest BCUT2D eigenvalue weighted by atomic mass is 19.1. The summed E-state index contributed by atoms with van der Waals surface area (Å²) in [5.41, 5.74) is 0.943. The second-order valence-electron chi connectivity index (χ2n) is 4.40. The van der Waals surface area contributed by atoms with E-state index in [2.05, 4.69) is 5.32 Å². The van der Waals surface area contributed by atoms with Gasteiger partial charge in [0, 0.05) is 18.2 Å². The van der Waals surface area contributed by atoms with E-state index >= 15 is 0 Å². The topological polar surface area (TPSA) is 50.7 Å². The molecule has 0 bridgehead atoms. The maximum atomic E-state index is 13.7. The van der Waals surface area contributed by atoms with Gasteiger partial charge in [0.2, 0.25) is 0 Å². The summed E-state index contributed by atoms with van der Waals surface area (Å²) in [6.45, 7) is 2.59. The molecule has 0 fully saturated rings. The molecule has 2 N–H and O–H groups in total. The second-order valence-corrected chi connectivity index (χ2v) is 4.40. The predicted molar refractivity (Wildman–Crippen MR) is 79.6 cm³/mol. The largest absolute Gasteiger partial charge is 0.504 e. The maximum absolute atomic E-state index is 13.7. The van der Waals surface area contributed by atoms with E-state index in [1.165, 1.54) is 13.2 Å². The number of phenolic OH excluding ortho intramolecular Hbond substituents is 1. The fourth-order valence-electron chi connectivity index (χ4n) is 1.94. The van der Waals surface area contributed by atoms with Crippen molar-refractivity contribution in [1.29, 1.82) is 0 Å².